The van der Waals surface area contributed by atoms with Crippen LogP contribution >= 0.6 is 0 Å². The Kier molecular flexibility index (Phi) is 5.03. The zero-order chi connectivity index (χ0) is 21.2. The van der Waals surface area contributed by atoms with Crippen LogP contribution in [0, 0.1) is 0 Å². The molecule has 3 aromatic heterocycles. The van der Waals surface area contributed by atoms with Gasteiger partial charge in [0.05, 0.1) is 6.54 Å². The van der Waals surface area contributed by atoms with Crippen molar-refractivity contribution in [1.82, 2.24) is 40.0 Å². The molecule has 0 amide bonds. The normalized spacial score (nSPS) is 11.4. The first-order valence-corrected chi connectivity index (χ1v) is 10.6. The summed E-state index contributed by atoms with van der Waals surface area (Å²) in [7, 11) is 0. The average Bonchev–Trinajstić information content (AvgIpc) is 3.53. The molecule has 8 heteroatoms. The Labute approximate surface area is 179 Å². The van der Waals surface area contributed by atoms with E-state index < -0.39 is 0 Å². The Morgan fingerprint density at radius 2 is 1.77 bits per heavy atom. The Morgan fingerprint density at radius 3 is 2.48 bits per heavy atom. The molecule has 5 rings (SSSR count). The van der Waals surface area contributed by atoms with E-state index in [0.29, 0.717) is 5.82 Å². The van der Waals surface area contributed by atoms with Crippen molar-refractivity contribution in [1.29, 1.82) is 0 Å². The molecule has 3 heterocycles. The van der Waals surface area contributed by atoms with Crippen LogP contribution in [-0.4, -0.2) is 40.0 Å². The summed E-state index contributed by atoms with van der Waals surface area (Å²) < 4.78 is 4.16. The van der Waals surface area contributed by atoms with Crippen LogP contribution in [0.5, 0.6) is 0 Å². The number of nitrogens with zero attached hydrogens (tertiary/aromatic N) is 7. The number of tetrazole rings is 1. The second-order valence-corrected chi connectivity index (χ2v) is 7.55. The largest absolute Gasteiger partial charge is 0.263 e. The van der Waals surface area contributed by atoms with E-state index in [-0.39, 0.29) is 0 Å². The highest BCUT2D eigenvalue weighted by Gasteiger charge is 2.14. The summed E-state index contributed by atoms with van der Waals surface area (Å²) in [6, 6.07) is 18.9. The minimum absolute atomic E-state index is 0.594. The topological polar surface area (TPSA) is 89.6 Å². The lowest BCUT2D eigenvalue weighted by Gasteiger charge is -2.11. The molecule has 0 bridgehead atoms. The standard InChI is InChI=1S/C23H24N8/c1-3-7-21-24-22-14-18(4-2)30(31(22)27-21)15-16-10-12-17(13-11-16)19-8-5-6-9-20(19)23-25-28-29-26-23/h5-6,8-14H,3-4,7,15H2,1-2H3,(H,25,26,28,29). The van der Waals surface area contributed by atoms with Crippen LogP contribution < -0.4 is 0 Å². The van der Waals surface area contributed by atoms with Gasteiger partial charge in [0.15, 0.2) is 11.5 Å². The summed E-state index contributed by atoms with van der Waals surface area (Å²) >= 11 is 0. The van der Waals surface area contributed by atoms with Gasteiger partial charge in [0.1, 0.15) is 0 Å². The number of rotatable bonds is 7. The number of aromatic nitrogens is 8. The van der Waals surface area contributed by atoms with E-state index in [1.165, 1.54) is 11.3 Å². The third-order valence-electron chi connectivity index (χ3n) is 5.46. The summed E-state index contributed by atoms with van der Waals surface area (Å²) in [5.74, 6) is 1.50. The van der Waals surface area contributed by atoms with Gasteiger partial charge in [-0.15, -0.1) is 15.3 Å². The van der Waals surface area contributed by atoms with Gasteiger partial charge in [-0.2, -0.15) is 9.84 Å². The van der Waals surface area contributed by atoms with Gasteiger partial charge in [0.25, 0.3) is 0 Å². The third kappa shape index (κ3) is 3.61. The van der Waals surface area contributed by atoms with Crippen LogP contribution in [0.25, 0.3) is 28.2 Å². The van der Waals surface area contributed by atoms with Crippen molar-refractivity contribution in [3.63, 3.8) is 0 Å². The predicted octanol–water partition coefficient (Wildman–Crippen LogP) is 3.94. The molecule has 0 aliphatic rings. The number of fused-ring (bicyclic) bond motifs is 1. The Balaban J connectivity index is 1.46. The molecule has 0 saturated heterocycles. The molecule has 0 spiro atoms. The van der Waals surface area contributed by atoms with Crippen molar-refractivity contribution >= 4 is 5.65 Å². The number of aryl methyl sites for hydroxylation is 2. The fraction of sp³-hybridized carbons (Fsp3) is 0.261. The molecule has 1 N–H and O–H groups in total. The molecule has 0 aliphatic heterocycles. The van der Waals surface area contributed by atoms with Gasteiger partial charge in [0, 0.05) is 23.7 Å². The first kappa shape index (κ1) is 19.2. The predicted molar refractivity (Wildman–Crippen MR) is 119 cm³/mol. The minimum atomic E-state index is 0.594. The molecular weight excluding hydrogens is 388 g/mol. The second kappa shape index (κ2) is 8.14. The number of benzene rings is 2. The van der Waals surface area contributed by atoms with Crippen LogP contribution in [-0.2, 0) is 19.4 Å². The summed E-state index contributed by atoms with van der Waals surface area (Å²) in [6.45, 7) is 5.06. The summed E-state index contributed by atoms with van der Waals surface area (Å²) in [4.78, 5) is 4.67. The van der Waals surface area contributed by atoms with Crippen molar-refractivity contribution in [2.24, 2.45) is 0 Å². The van der Waals surface area contributed by atoms with Gasteiger partial charge in [-0.3, -0.25) is 4.68 Å². The fourth-order valence-electron chi connectivity index (χ4n) is 3.92. The fourth-order valence-corrected chi connectivity index (χ4v) is 3.92. The number of hydrogen-bond donors (Lipinski definition) is 1. The highest BCUT2D eigenvalue weighted by molar-refractivity contribution is 5.80. The molecule has 0 radical (unpaired) electrons. The molecule has 31 heavy (non-hydrogen) atoms. The van der Waals surface area contributed by atoms with E-state index in [4.69, 9.17) is 5.10 Å². The zero-order valence-corrected chi connectivity index (χ0v) is 17.7. The summed E-state index contributed by atoms with van der Waals surface area (Å²) in [5, 5.41) is 19.2. The summed E-state index contributed by atoms with van der Waals surface area (Å²) in [6.07, 6.45) is 2.88. The van der Waals surface area contributed by atoms with E-state index in [2.05, 4.69) is 80.5 Å². The second-order valence-electron chi connectivity index (χ2n) is 7.55. The van der Waals surface area contributed by atoms with Crippen molar-refractivity contribution in [3.8, 4) is 22.5 Å². The molecule has 0 fully saturated rings. The minimum Gasteiger partial charge on any atom is -0.263 e. The molecule has 0 atom stereocenters. The zero-order valence-electron chi connectivity index (χ0n) is 17.7. The smallest absolute Gasteiger partial charge is 0.205 e. The lowest BCUT2D eigenvalue weighted by molar-refractivity contribution is 0.555. The molecule has 0 aliphatic carbocycles. The number of nitrogens with one attached hydrogen (secondary N) is 1. The highest BCUT2D eigenvalue weighted by Crippen LogP contribution is 2.29. The maximum Gasteiger partial charge on any atom is 0.205 e. The molecule has 8 nitrogen and oxygen atoms in total. The van der Waals surface area contributed by atoms with Crippen LogP contribution in [0.3, 0.4) is 0 Å². The summed E-state index contributed by atoms with van der Waals surface area (Å²) in [5.41, 5.74) is 6.50. The molecule has 2 aromatic carbocycles. The lowest BCUT2D eigenvalue weighted by atomic mass is 9.98. The van der Waals surface area contributed by atoms with E-state index >= 15 is 0 Å². The van der Waals surface area contributed by atoms with Crippen LogP contribution in [0.1, 0.15) is 37.4 Å². The maximum atomic E-state index is 4.72. The molecule has 0 unspecified atom stereocenters. The maximum absolute atomic E-state index is 4.72. The van der Waals surface area contributed by atoms with Crippen LogP contribution in [0.15, 0.2) is 54.6 Å². The Bertz CT molecular complexity index is 1300. The quantitative estimate of drug-likeness (QED) is 0.437. The van der Waals surface area contributed by atoms with Gasteiger partial charge in [-0.05, 0) is 34.7 Å². The average molecular weight is 413 g/mol. The van der Waals surface area contributed by atoms with E-state index in [1.807, 2.05) is 22.8 Å². The van der Waals surface area contributed by atoms with Gasteiger partial charge < -0.3 is 0 Å². The van der Waals surface area contributed by atoms with Gasteiger partial charge in [-0.25, -0.2) is 4.98 Å². The van der Waals surface area contributed by atoms with Gasteiger partial charge >= 0.3 is 0 Å². The van der Waals surface area contributed by atoms with Crippen molar-refractivity contribution < 1.29 is 0 Å². The van der Waals surface area contributed by atoms with Crippen molar-refractivity contribution in [2.75, 3.05) is 0 Å². The molecular formula is C23H24N8. The van der Waals surface area contributed by atoms with E-state index in [9.17, 15) is 0 Å². The number of hydrogen-bond acceptors (Lipinski definition) is 5. The van der Waals surface area contributed by atoms with Crippen molar-refractivity contribution in [2.45, 2.75) is 39.7 Å². The number of aromatic amines is 1. The van der Waals surface area contributed by atoms with E-state index in [0.717, 1.165) is 54.0 Å². The van der Waals surface area contributed by atoms with Crippen molar-refractivity contribution in [3.05, 3.63) is 71.7 Å². The monoisotopic (exact) mass is 412 g/mol. The van der Waals surface area contributed by atoms with E-state index in [1.54, 1.807) is 0 Å². The van der Waals surface area contributed by atoms with Gasteiger partial charge in [0.2, 0.25) is 5.82 Å². The molecule has 5 aromatic rings. The third-order valence-corrected chi connectivity index (χ3v) is 5.46. The molecule has 0 saturated carbocycles. The van der Waals surface area contributed by atoms with Gasteiger partial charge in [-0.1, -0.05) is 62.4 Å². The van der Waals surface area contributed by atoms with Crippen LogP contribution in [0.2, 0.25) is 0 Å². The number of H-pyrrole nitrogens is 1. The first-order chi connectivity index (χ1) is 15.3. The first-order valence-electron chi connectivity index (χ1n) is 10.6. The SMILES string of the molecule is CCCc1nc2cc(CC)n(Cc3ccc(-c4ccccc4-c4nn[nH]n4)cc3)n2n1. The Hall–Kier alpha value is -3.81. The Morgan fingerprint density at radius 1 is 0.968 bits per heavy atom. The highest BCUT2D eigenvalue weighted by atomic mass is 15.5. The van der Waals surface area contributed by atoms with Crippen LogP contribution in [0.4, 0.5) is 0 Å². The lowest BCUT2D eigenvalue weighted by Crippen LogP contribution is -2.11. The molecule has 156 valence electrons.